The van der Waals surface area contributed by atoms with Crippen LogP contribution in [0.3, 0.4) is 0 Å². The minimum Gasteiger partial charge on any atom is -0.380 e. The lowest BCUT2D eigenvalue weighted by molar-refractivity contribution is 0.128. The lowest BCUT2D eigenvalue weighted by atomic mass is 10.1. The topological polar surface area (TPSA) is 79.8 Å². The Morgan fingerprint density at radius 1 is 1.18 bits per heavy atom. The molecule has 0 spiro atoms. The fourth-order valence-corrected chi connectivity index (χ4v) is 2.34. The minimum absolute atomic E-state index is 0. The fraction of sp³-hybridized carbons (Fsp3) is 0.929. The number of hydrogen-bond acceptors (Lipinski definition) is 4. The SMILES string of the molecule is CN=C(NCCOCCC(C)C)NC(C)CCS(C)(=O)=O.I. The molecule has 0 aliphatic rings. The maximum atomic E-state index is 11.1. The number of rotatable bonds is 10. The molecule has 2 N–H and O–H groups in total. The number of halogens is 1. The van der Waals surface area contributed by atoms with Crippen LogP contribution >= 0.6 is 24.0 Å². The third kappa shape index (κ3) is 16.3. The third-order valence-corrected chi connectivity index (χ3v) is 3.88. The van der Waals surface area contributed by atoms with E-state index in [1.165, 1.54) is 6.26 Å². The van der Waals surface area contributed by atoms with Gasteiger partial charge in [0, 0.05) is 32.5 Å². The van der Waals surface area contributed by atoms with E-state index in [1.54, 1.807) is 7.05 Å². The van der Waals surface area contributed by atoms with Crippen molar-refractivity contribution in [2.45, 2.75) is 39.7 Å². The Balaban J connectivity index is 0. The molecule has 0 aliphatic carbocycles. The summed E-state index contributed by atoms with van der Waals surface area (Å²) in [7, 11) is -1.22. The van der Waals surface area contributed by atoms with Gasteiger partial charge in [-0.3, -0.25) is 4.99 Å². The highest BCUT2D eigenvalue weighted by molar-refractivity contribution is 14.0. The number of hydrogen-bond donors (Lipinski definition) is 2. The van der Waals surface area contributed by atoms with E-state index in [0.717, 1.165) is 13.0 Å². The van der Waals surface area contributed by atoms with Gasteiger partial charge in [0.1, 0.15) is 9.84 Å². The fourth-order valence-electron chi connectivity index (χ4n) is 1.55. The molecular formula is C14H32IN3O3S. The summed E-state index contributed by atoms with van der Waals surface area (Å²) < 4.78 is 27.8. The molecule has 0 aromatic carbocycles. The first kappa shape index (κ1) is 24.2. The van der Waals surface area contributed by atoms with Crippen molar-refractivity contribution < 1.29 is 13.2 Å². The van der Waals surface area contributed by atoms with Crippen LogP contribution < -0.4 is 10.6 Å². The molecule has 0 bridgehead atoms. The summed E-state index contributed by atoms with van der Waals surface area (Å²) in [6.45, 7) is 8.37. The van der Waals surface area contributed by atoms with Crippen LogP contribution in [-0.4, -0.2) is 59.2 Å². The largest absolute Gasteiger partial charge is 0.380 e. The Bertz CT molecular complexity index is 400. The maximum absolute atomic E-state index is 11.1. The summed E-state index contributed by atoms with van der Waals surface area (Å²) in [4.78, 5) is 4.11. The predicted molar refractivity (Wildman–Crippen MR) is 104 cm³/mol. The second kappa shape index (κ2) is 13.4. The van der Waals surface area contributed by atoms with E-state index in [0.29, 0.717) is 31.4 Å². The highest BCUT2D eigenvalue weighted by atomic mass is 127. The molecule has 0 saturated heterocycles. The highest BCUT2D eigenvalue weighted by Crippen LogP contribution is 1.98. The highest BCUT2D eigenvalue weighted by Gasteiger charge is 2.09. The minimum atomic E-state index is -2.92. The van der Waals surface area contributed by atoms with E-state index in [2.05, 4.69) is 29.5 Å². The lowest BCUT2D eigenvalue weighted by Gasteiger charge is -2.17. The van der Waals surface area contributed by atoms with E-state index >= 15 is 0 Å². The number of guanidine groups is 1. The van der Waals surface area contributed by atoms with Crippen LogP contribution in [0.4, 0.5) is 0 Å². The molecule has 0 rings (SSSR count). The zero-order valence-electron chi connectivity index (χ0n) is 14.4. The van der Waals surface area contributed by atoms with Gasteiger partial charge in [-0.15, -0.1) is 24.0 Å². The van der Waals surface area contributed by atoms with Crippen molar-refractivity contribution in [1.29, 1.82) is 0 Å². The van der Waals surface area contributed by atoms with Crippen LogP contribution in [0.15, 0.2) is 4.99 Å². The Kier molecular flexibility index (Phi) is 14.7. The van der Waals surface area contributed by atoms with E-state index < -0.39 is 9.84 Å². The summed E-state index contributed by atoms with van der Waals surface area (Å²) >= 11 is 0. The molecule has 0 heterocycles. The number of aliphatic imine (C=N–C) groups is 1. The molecule has 0 amide bonds. The predicted octanol–water partition coefficient (Wildman–Crippen LogP) is 1.66. The molecule has 1 atom stereocenters. The smallest absolute Gasteiger partial charge is 0.191 e. The van der Waals surface area contributed by atoms with Crippen molar-refractivity contribution in [2.75, 3.05) is 38.8 Å². The van der Waals surface area contributed by atoms with Gasteiger partial charge in [0.05, 0.1) is 12.4 Å². The zero-order valence-corrected chi connectivity index (χ0v) is 17.5. The van der Waals surface area contributed by atoms with Crippen molar-refractivity contribution in [3.8, 4) is 0 Å². The van der Waals surface area contributed by atoms with Crippen LogP contribution in [0.25, 0.3) is 0 Å². The molecule has 134 valence electrons. The standard InChI is InChI=1S/C14H31N3O3S.HI/c1-12(2)6-9-20-10-8-16-14(15-4)17-13(3)7-11-21(5,18)19;/h12-13H,6-11H2,1-5H3,(H2,15,16,17);1H. The van der Waals surface area contributed by atoms with Gasteiger partial charge in [-0.1, -0.05) is 13.8 Å². The van der Waals surface area contributed by atoms with E-state index in [1.807, 2.05) is 6.92 Å². The molecule has 0 aromatic rings. The lowest BCUT2D eigenvalue weighted by Crippen LogP contribution is -2.43. The Morgan fingerprint density at radius 2 is 1.82 bits per heavy atom. The van der Waals surface area contributed by atoms with Crippen LogP contribution in [0.5, 0.6) is 0 Å². The second-order valence-electron chi connectivity index (χ2n) is 5.76. The van der Waals surface area contributed by atoms with Crippen molar-refractivity contribution in [2.24, 2.45) is 10.9 Å². The van der Waals surface area contributed by atoms with Crippen LogP contribution in [0.1, 0.15) is 33.6 Å². The molecule has 0 aliphatic heterocycles. The van der Waals surface area contributed by atoms with Gasteiger partial charge in [0.25, 0.3) is 0 Å². The number of sulfone groups is 1. The van der Waals surface area contributed by atoms with Crippen LogP contribution in [0, 0.1) is 5.92 Å². The third-order valence-electron chi connectivity index (χ3n) is 2.91. The normalized spacial score (nSPS) is 13.6. The van der Waals surface area contributed by atoms with Crippen molar-refractivity contribution >= 4 is 39.8 Å². The monoisotopic (exact) mass is 449 g/mol. The average Bonchev–Trinajstić information content (AvgIpc) is 2.37. The van der Waals surface area contributed by atoms with Gasteiger partial charge < -0.3 is 15.4 Å². The van der Waals surface area contributed by atoms with E-state index in [-0.39, 0.29) is 35.8 Å². The maximum Gasteiger partial charge on any atom is 0.191 e. The zero-order chi connectivity index (χ0) is 16.3. The summed E-state index contributed by atoms with van der Waals surface area (Å²) in [5.74, 6) is 1.50. The number of nitrogens with one attached hydrogen (secondary N) is 2. The van der Waals surface area contributed by atoms with Gasteiger partial charge in [0.15, 0.2) is 5.96 Å². The number of ether oxygens (including phenoxy) is 1. The van der Waals surface area contributed by atoms with Gasteiger partial charge >= 0.3 is 0 Å². The summed E-state index contributed by atoms with van der Waals surface area (Å²) in [5.41, 5.74) is 0. The molecule has 0 saturated carbocycles. The molecule has 6 nitrogen and oxygen atoms in total. The Morgan fingerprint density at radius 3 is 2.32 bits per heavy atom. The number of nitrogens with zero attached hydrogens (tertiary/aromatic N) is 1. The molecule has 0 radical (unpaired) electrons. The van der Waals surface area contributed by atoms with Gasteiger partial charge in [0.2, 0.25) is 0 Å². The summed E-state index contributed by atoms with van der Waals surface area (Å²) in [5, 5.41) is 6.32. The second-order valence-corrected chi connectivity index (χ2v) is 8.02. The molecule has 0 fully saturated rings. The Labute approximate surface area is 152 Å². The summed E-state index contributed by atoms with van der Waals surface area (Å²) in [6, 6.07) is 0.0489. The molecule has 22 heavy (non-hydrogen) atoms. The van der Waals surface area contributed by atoms with Gasteiger partial charge in [-0.2, -0.15) is 0 Å². The van der Waals surface area contributed by atoms with Crippen molar-refractivity contribution in [3.63, 3.8) is 0 Å². The summed E-state index contributed by atoms with van der Waals surface area (Å²) in [6.07, 6.45) is 2.88. The first-order valence-corrected chi connectivity index (χ1v) is 9.53. The molecule has 0 aromatic heterocycles. The van der Waals surface area contributed by atoms with Crippen LogP contribution in [-0.2, 0) is 14.6 Å². The molecule has 8 heteroatoms. The first-order valence-electron chi connectivity index (χ1n) is 7.47. The van der Waals surface area contributed by atoms with Crippen molar-refractivity contribution in [3.05, 3.63) is 0 Å². The van der Waals surface area contributed by atoms with Gasteiger partial charge in [-0.25, -0.2) is 8.42 Å². The Hall–Kier alpha value is -0.0900. The average molecular weight is 449 g/mol. The van der Waals surface area contributed by atoms with E-state index in [4.69, 9.17) is 4.74 Å². The van der Waals surface area contributed by atoms with Gasteiger partial charge in [-0.05, 0) is 25.7 Å². The van der Waals surface area contributed by atoms with Crippen LogP contribution in [0.2, 0.25) is 0 Å². The molecular weight excluding hydrogens is 417 g/mol. The first-order chi connectivity index (χ1) is 9.74. The van der Waals surface area contributed by atoms with E-state index in [9.17, 15) is 8.42 Å². The van der Waals surface area contributed by atoms with Crippen molar-refractivity contribution in [1.82, 2.24) is 10.6 Å². The molecule has 1 unspecified atom stereocenters. The quantitative estimate of drug-likeness (QED) is 0.230.